The van der Waals surface area contributed by atoms with E-state index in [0.29, 0.717) is 0 Å². The number of hydrogen-bond donors (Lipinski definition) is 2. The summed E-state index contributed by atoms with van der Waals surface area (Å²) in [5.74, 6) is -1.02. The Morgan fingerprint density at radius 1 is 1.21 bits per heavy atom. The molecule has 0 bridgehead atoms. The summed E-state index contributed by atoms with van der Waals surface area (Å²) in [6, 6.07) is 3.06. The lowest BCUT2D eigenvalue weighted by Crippen LogP contribution is -2.44. The van der Waals surface area contributed by atoms with Gasteiger partial charge in [0.25, 0.3) is 0 Å². The van der Waals surface area contributed by atoms with E-state index in [1.165, 1.54) is 0 Å². The van der Waals surface area contributed by atoms with Crippen molar-refractivity contribution in [1.29, 1.82) is 0 Å². The zero-order valence-corrected chi connectivity index (χ0v) is 12.0. The minimum absolute atomic E-state index is 0.00880. The Kier molecular flexibility index (Phi) is 5.88. The van der Waals surface area contributed by atoms with Crippen LogP contribution in [0, 0.1) is 17.6 Å². The molecule has 1 aromatic carbocycles. The summed E-state index contributed by atoms with van der Waals surface area (Å²) >= 11 is 0. The molecule has 108 valence electrons. The van der Waals surface area contributed by atoms with Crippen LogP contribution in [-0.4, -0.2) is 17.2 Å². The molecule has 19 heavy (non-hydrogen) atoms. The quantitative estimate of drug-likeness (QED) is 0.831. The topological polar surface area (TPSA) is 32.3 Å². The van der Waals surface area contributed by atoms with Crippen molar-refractivity contribution < 1.29 is 13.9 Å². The van der Waals surface area contributed by atoms with E-state index >= 15 is 0 Å². The molecule has 0 saturated heterocycles. The number of hydrogen-bond acceptors (Lipinski definition) is 2. The Bertz CT molecular complexity index is 409. The Morgan fingerprint density at radius 3 is 2.37 bits per heavy atom. The fourth-order valence-electron chi connectivity index (χ4n) is 2.03. The molecule has 3 atom stereocenters. The fraction of sp³-hybridized carbons (Fsp3) is 0.600. The maximum atomic E-state index is 13.7. The smallest absolute Gasteiger partial charge is 0.129 e. The van der Waals surface area contributed by atoms with Crippen molar-refractivity contribution in [1.82, 2.24) is 5.32 Å². The molecule has 0 aliphatic carbocycles. The summed E-state index contributed by atoms with van der Waals surface area (Å²) < 4.78 is 26.9. The average Bonchev–Trinajstić information content (AvgIpc) is 2.37. The first kappa shape index (κ1) is 16.1. The summed E-state index contributed by atoms with van der Waals surface area (Å²) in [7, 11) is 0. The van der Waals surface area contributed by atoms with Gasteiger partial charge in [-0.1, -0.05) is 20.8 Å². The highest BCUT2D eigenvalue weighted by molar-refractivity contribution is 5.22. The van der Waals surface area contributed by atoms with Crippen LogP contribution in [0.25, 0.3) is 0 Å². The molecule has 2 N–H and O–H groups in total. The van der Waals surface area contributed by atoms with E-state index in [9.17, 15) is 13.9 Å². The first-order valence-electron chi connectivity index (χ1n) is 6.75. The predicted molar refractivity (Wildman–Crippen MR) is 72.8 cm³/mol. The van der Waals surface area contributed by atoms with Gasteiger partial charge in [0.2, 0.25) is 0 Å². The summed E-state index contributed by atoms with van der Waals surface area (Å²) in [5, 5.41) is 13.6. The van der Waals surface area contributed by atoms with Gasteiger partial charge >= 0.3 is 0 Å². The molecule has 0 aliphatic heterocycles. The van der Waals surface area contributed by atoms with E-state index < -0.39 is 17.7 Å². The minimum atomic E-state index is -1.07. The lowest BCUT2D eigenvalue weighted by Gasteiger charge is -2.30. The highest BCUT2D eigenvalue weighted by Gasteiger charge is 2.27. The van der Waals surface area contributed by atoms with Crippen LogP contribution in [0.2, 0.25) is 0 Å². The number of halogens is 2. The largest absolute Gasteiger partial charge is 0.387 e. The van der Waals surface area contributed by atoms with Crippen LogP contribution in [0.5, 0.6) is 0 Å². The van der Waals surface area contributed by atoms with Gasteiger partial charge in [0.15, 0.2) is 0 Å². The van der Waals surface area contributed by atoms with Gasteiger partial charge in [-0.05, 0) is 37.5 Å². The van der Waals surface area contributed by atoms with Crippen molar-refractivity contribution in [3.63, 3.8) is 0 Å². The summed E-state index contributed by atoms with van der Waals surface area (Å²) in [5.41, 5.74) is 0.00880. The molecule has 0 fully saturated rings. The van der Waals surface area contributed by atoms with Crippen molar-refractivity contribution in [2.75, 3.05) is 0 Å². The summed E-state index contributed by atoms with van der Waals surface area (Å²) in [6.07, 6.45) is -0.161. The number of aliphatic hydroxyl groups is 1. The van der Waals surface area contributed by atoms with Gasteiger partial charge in [-0.3, -0.25) is 0 Å². The molecular formula is C15H23F2NO. The van der Waals surface area contributed by atoms with E-state index in [4.69, 9.17) is 0 Å². The van der Waals surface area contributed by atoms with Crippen LogP contribution in [0.1, 0.15) is 45.8 Å². The molecular weight excluding hydrogens is 248 g/mol. The lowest BCUT2D eigenvalue weighted by molar-refractivity contribution is 0.0950. The molecule has 0 heterocycles. The Morgan fingerprint density at radius 2 is 1.84 bits per heavy atom. The molecule has 4 heteroatoms. The SMILES string of the molecule is CCC(C)NC(C(C)C)C(O)c1cc(F)ccc1F. The van der Waals surface area contributed by atoms with Crippen LogP contribution < -0.4 is 5.32 Å². The van der Waals surface area contributed by atoms with E-state index in [-0.39, 0.29) is 23.6 Å². The fourth-order valence-corrected chi connectivity index (χ4v) is 2.03. The standard InChI is InChI=1S/C15H23F2NO/c1-5-10(4)18-14(9(2)3)15(19)12-8-11(16)6-7-13(12)17/h6-10,14-15,18-19H,5H2,1-4H3. The van der Waals surface area contributed by atoms with Gasteiger partial charge in [-0.25, -0.2) is 8.78 Å². The summed E-state index contributed by atoms with van der Waals surface area (Å²) in [6.45, 7) is 7.93. The van der Waals surface area contributed by atoms with Crippen molar-refractivity contribution in [3.05, 3.63) is 35.4 Å². The van der Waals surface area contributed by atoms with Gasteiger partial charge in [-0.15, -0.1) is 0 Å². The third-order valence-electron chi connectivity index (χ3n) is 3.42. The van der Waals surface area contributed by atoms with Crippen molar-refractivity contribution >= 4 is 0 Å². The second-order valence-corrected chi connectivity index (χ2v) is 5.36. The number of nitrogens with one attached hydrogen (secondary N) is 1. The molecule has 0 amide bonds. The van der Waals surface area contributed by atoms with Crippen molar-refractivity contribution in [2.45, 2.75) is 52.3 Å². The van der Waals surface area contributed by atoms with E-state index in [1.807, 2.05) is 27.7 Å². The maximum Gasteiger partial charge on any atom is 0.129 e. The molecule has 3 unspecified atom stereocenters. The van der Waals surface area contributed by atoms with Gasteiger partial charge in [-0.2, -0.15) is 0 Å². The average molecular weight is 271 g/mol. The van der Waals surface area contributed by atoms with Gasteiger partial charge in [0.1, 0.15) is 11.6 Å². The van der Waals surface area contributed by atoms with Crippen LogP contribution in [-0.2, 0) is 0 Å². The molecule has 2 nitrogen and oxygen atoms in total. The number of rotatable bonds is 6. The first-order chi connectivity index (χ1) is 8.86. The predicted octanol–water partition coefficient (Wildman–Crippen LogP) is 3.41. The highest BCUT2D eigenvalue weighted by Crippen LogP contribution is 2.25. The van der Waals surface area contributed by atoms with E-state index in [0.717, 1.165) is 24.6 Å². The molecule has 0 radical (unpaired) electrons. The van der Waals surface area contributed by atoms with E-state index in [1.54, 1.807) is 0 Å². The van der Waals surface area contributed by atoms with Crippen LogP contribution in [0.4, 0.5) is 8.78 Å². The number of benzene rings is 1. The molecule has 1 aromatic rings. The van der Waals surface area contributed by atoms with Crippen LogP contribution >= 0.6 is 0 Å². The molecule has 0 aromatic heterocycles. The summed E-state index contributed by atoms with van der Waals surface area (Å²) in [4.78, 5) is 0. The van der Waals surface area contributed by atoms with Crippen molar-refractivity contribution in [2.24, 2.45) is 5.92 Å². The third kappa shape index (κ3) is 4.25. The molecule has 0 spiro atoms. The van der Waals surface area contributed by atoms with Gasteiger partial charge in [0, 0.05) is 17.6 Å². The third-order valence-corrected chi connectivity index (χ3v) is 3.42. The Hall–Kier alpha value is -1.00. The van der Waals surface area contributed by atoms with Crippen LogP contribution in [0.3, 0.4) is 0 Å². The molecule has 1 rings (SSSR count). The zero-order chi connectivity index (χ0) is 14.6. The zero-order valence-electron chi connectivity index (χ0n) is 12.0. The number of aliphatic hydroxyl groups excluding tert-OH is 1. The second-order valence-electron chi connectivity index (χ2n) is 5.36. The molecule has 0 saturated carbocycles. The van der Waals surface area contributed by atoms with Gasteiger partial charge in [0.05, 0.1) is 6.10 Å². The second kappa shape index (κ2) is 6.96. The minimum Gasteiger partial charge on any atom is -0.387 e. The Balaban J connectivity index is 2.98. The highest BCUT2D eigenvalue weighted by atomic mass is 19.1. The molecule has 0 aliphatic rings. The van der Waals surface area contributed by atoms with Crippen LogP contribution in [0.15, 0.2) is 18.2 Å². The Labute approximate surface area is 113 Å². The van der Waals surface area contributed by atoms with Gasteiger partial charge < -0.3 is 10.4 Å². The lowest BCUT2D eigenvalue weighted by atomic mass is 9.92. The maximum absolute atomic E-state index is 13.7. The van der Waals surface area contributed by atoms with E-state index in [2.05, 4.69) is 5.32 Å². The van der Waals surface area contributed by atoms with Crippen molar-refractivity contribution in [3.8, 4) is 0 Å². The monoisotopic (exact) mass is 271 g/mol. The first-order valence-corrected chi connectivity index (χ1v) is 6.75. The normalized spacial score (nSPS) is 16.4.